The van der Waals surface area contributed by atoms with E-state index in [1.165, 1.54) is 24.8 Å². The van der Waals surface area contributed by atoms with Gasteiger partial charge in [0.2, 0.25) is 0 Å². The third-order valence-electron chi connectivity index (χ3n) is 8.47. The van der Waals surface area contributed by atoms with Crippen molar-refractivity contribution in [3.63, 3.8) is 0 Å². The zero-order valence-corrected chi connectivity index (χ0v) is 23.3. The molecule has 1 saturated carbocycles. The molecule has 7 heteroatoms. The SMILES string of the molecule is COc1ccc2c(c1)C=C(C(=O)N1CC(C)OC(C)C1)Cn1c-2c(C2CCCCC2)c2ccc(C(C)=O)nc21. The summed E-state index contributed by atoms with van der Waals surface area (Å²) in [6.07, 6.45) is 7.95. The molecule has 1 amide bonds. The van der Waals surface area contributed by atoms with Crippen molar-refractivity contribution in [2.75, 3.05) is 20.2 Å². The number of amides is 1. The molecule has 0 radical (unpaired) electrons. The van der Waals surface area contributed by atoms with Crippen molar-refractivity contribution in [1.29, 1.82) is 0 Å². The molecule has 4 heterocycles. The van der Waals surface area contributed by atoms with Crippen molar-refractivity contribution in [2.24, 2.45) is 0 Å². The topological polar surface area (TPSA) is 73.7 Å². The number of Topliss-reactive ketones (excluding diaryl/α,β-unsaturated/α-hetero) is 1. The molecule has 0 bridgehead atoms. The second kappa shape index (κ2) is 10.3. The number of methoxy groups -OCH3 is 1. The minimum Gasteiger partial charge on any atom is -0.497 e. The molecule has 0 spiro atoms. The predicted octanol–water partition coefficient (Wildman–Crippen LogP) is 6.00. The summed E-state index contributed by atoms with van der Waals surface area (Å²) in [6.45, 7) is 7.09. The Kier molecular flexibility index (Phi) is 6.79. The zero-order valence-electron chi connectivity index (χ0n) is 23.3. The molecule has 3 aromatic rings. The Morgan fingerprint density at radius 1 is 1.03 bits per heavy atom. The van der Waals surface area contributed by atoms with Gasteiger partial charge in [-0.2, -0.15) is 0 Å². The monoisotopic (exact) mass is 527 g/mol. The van der Waals surface area contributed by atoms with Crippen LogP contribution in [0.15, 0.2) is 35.9 Å². The van der Waals surface area contributed by atoms with Gasteiger partial charge in [-0.15, -0.1) is 0 Å². The van der Waals surface area contributed by atoms with E-state index < -0.39 is 0 Å². The van der Waals surface area contributed by atoms with E-state index in [2.05, 4.69) is 16.7 Å². The number of ether oxygens (including phenoxy) is 2. The van der Waals surface area contributed by atoms with Crippen LogP contribution in [-0.2, 0) is 16.1 Å². The lowest BCUT2D eigenvalue weighted by atomic mass is 9.81. The lowest BCUT2D eigenvalue weighted by Gasteiger charge is -2.35. The fourth-order valence-corrected chi connectivity index (χ4v) is 6.77. The van der Waals surface area contributed by atoms with Gasteiger partial charge in [0.05, 0.1) is 31.6 Å². The molecule has 2 unspecified atom stereocenters. The summed E-state index contributed by atoms with van der Waals surface area (Å²) >= 11 is 0. The standard InChI is InChI=1S/C32H37N3O4/c1-19-16-34(17-20(2)39-19)32(37)24-14-23-15-25(38-4)10-11-26(23)30-29(22-8-6-5-7-9-22)27-12-13-28(21(3)36)33-31(27)35(30)18-24/h10-15,19-20,22H,5-9,16-18H2,1-4H3. The fourth-order valence-electron chi connectivity index (χ4n) is 6.77. The molecule has 2 atom stereocenters. The number of nitrogens with zero attached hydrogens (tertiary/aromatic N) is 3. The van der Waals surface area contributed by atoms with Crippen LogP contribution in [0.25, 0.3) is 28.4 Å². The maximum absolute atomic E-state index is 14.1. The number of hydrogen-bond acceptors (Lipinski definition) is 5. The van der Waals surface area contributed by atoms with Gasteiger partial charge < -0.3 is 18.9 Å². The number of aromatic nitrogens is 2. The van der Waals surface area contributed by atoms with Crippen LogP contribution in [0, 0.1) is 0 Å². The summed E-state index contributed by atoms with van der Waals surface area (Å²) in [7, 11) is 1.67. The Hall–Kier alpha value is -3.45. The van der Waals surface area contributed by atoms with Crippen molar-refractivity contribution >= 4 is 28.8 Å². The quantitative estimate of drug-likeness (QED) is 0.390. The molecule has 1 saturated heterocycles. The molecule has 0 N–H and O–H groups in total. The van der Waals surface area contributed by atoms with Gasteiger partial charge in [0.1, 0.15) is 17.1 Å². The summed E-state index contributed by atoms with van der Waals surface area (Å²) in [5.74, 6) is 1.12. The van der Waals surface area contributed by atoms with Crippen LogP contribution in [0.2, 0.25) is 0 Å². The van der Waals surface area contributed by atoms with Gasteiger partial charge >= 0.3 is 0 Å². The first kappa shape index (κ1) is 25.8. The molecule has 3 aliphatic rings. The van der Waals surface area contributed by atoms with Crippen molar-refractivity contribution < 1.29 is 19.1 Å². The molecule has 7 nitrogen and oxygen atoms in total. The van der Waals surface area contributed by atoms with Crippen LogP contribution in [0.5, 0.6) is 5.75 Å². The lowest BCUT2D eigenvalue weighted by molar-refractivity contribution is -0.139. The molecular formula is C32H37N3O4. The van der Waals surface area contributed by atoms with E-state index in [1.807, 2.05) is 43.0 Å². The second-order valence-electron chi connectivity index (χ2n) is 11.4. The van der Waals surface area contributed by atoms with Gasteiger partial charge in [0, 0.05) is 36.5 Å². The first-order valence-electron chi connectivity index (χ1n) is 14.2. The summed E-state index contributed by atoms with van der Waals surface area (Å²) in [5.41, 5.74) is 6.39. The molecule has 1 aromatic carbocycles. The van der Waals surface area contributed by atoms with E-state index in [1.54, 1.807) is 14.0 Å². The molecule has 204 valence electrons. The maximum Gasteiger partial charge on any atom is 0.251 e. The third kappa shape index (κ3) is 4.67. The van der Waals surface area contributed by atoms with Crippen LogP contribution in [-0.4, -0.2) is 58.5 Å². The number of carbonyl (C=O) groups is 2. The van der Waals surface area contributed by atoms with Gasteiger partial charge in [0.25, 0.3) is 5.91 Å². The Bertz CT molecular complexity index is 1470. The first-order valence-corrected chi connectivity index (χ1v) is 14.2. The van der Waals surface area contributed by atoms with Crippen LogP contribution >= 0.6 is 0 Å². The van der Waals surface area contributed by atoms with E-state index in [0.717, 1.165) is 46.4 Å². The minimum absolute atomic E-state index is 0.0161. The summed E-state index contributed by atoms with van der Waals surface area (Å²) in [6, 6.07) is 10.1. The Morgan fingerprint density at radius 3 is 2.46 bits per heavy atom. The van der Waals surface area contributed by atoms with E-state index in [0.29, 0.717) is 36.8 Å². The number of pyridine rings is 1. The van der Waals surface area contributed by atoms with Crippen molar-refractivity contribution in [3.05, 3.63) is 52.7 Å². The van der Waals surface area contributed by atoms with E-state index in [4.69, 9.17) is 14.5 Å². The predicted molar refractivity (Wildman–Crippen MR) is 152 cm³/mol. The number of hydrogen-bond donors (Lipinski definition) is 0. The Morgan fingerprint density at radius 2 is 1.77 bits per heavy atom. The minimum atomic E-state index is -0.0615. The molecule has 2 aromatic heterocycles. The fraction of sp³-hybridized carbons (Fsp3) is 0.469. The van der Waals surface area contributed by atoms with Gasteiger partial charge in [-0.1, -0.05) is 19.3 Å². The summed E-state index contributed by atoms with van der Waals surface area (Å²) < 4.78 is 13.7. The van der Waals surface area contributed by atoms with Crippen molar-refractivity contribution in [2.45, 2.75) is 77.5 Å². The van der Waals surface area contributed by atoms with Crippen LogP contribution in [0.3, 0.4) is 0 Å². The Labute approximate surface area is 229 Å². The molecule has 2 aliphatic heterocycles. The average molecular weight is 528 g/mol. The van der Waals surface area contributed by atoms with E-state index >= 15 is 0 Å². The second-order valence-corrected chi connectivity index (χ2v) is 11.4. The highest BCUT2D eigenvalue weighted by Crippen LogP contribution is 2.46. The van der Waals surface area contributed by atoms with Gasteiger partial charge in [0.15, 0.2) is 5.78 Å². The number of ketones is 1. The first-order chi connectivity index (χ1) is 18.8. The average Bonchev–Trinajstić information content (AvgIpc) is 3.14. The van der Waals surface area contributed by atoms with Crippen molar-refractivity contribution in [3.8, 4) is 17.0 Å². The normalized spacial score (nSPS) is 21.6. The number of rotatable bonds is 4. The molecular weight excluding hydrogens is 490 g/mol. The highest BCUT2D eigenvalue weighted by atomic mass is 16.5. The Balaban J connectivity index is 1.58. The largest absolute Gasteiger partial charge is 0.497 e. The van der Waals surface area contributed by atoms with Crippen LogP contribution in [0.4, 0.5) is 0 Å². The highest BCUT2D eigenvalue weighted by Gasteiger charge is 2.33. The molecule has 6 rings (SSSR count). The van der Waals surface area contributed by atoms with E-state index in [9.17, 15) is 9.59 Å². The molecule has 39 heavy (non-hydrogen) atoms. The smallest absolute Gasteiger partial charge is 0.251 e. The van der Waals surface area contributed by atoms with Gasteiger partial charge in [-0.25, -0.2) is 4.98 Å². The number of morpholine rings is 1. The maximum atomic E-state index is 14.1. The number of benzene rings is 1. The molecule has 1 aliphatic carbocycles. The van der Waals surface area contributed by atoms with Crippen LogP contribution in [0.1, 0.15) is 80.4 Å². The molecule has 2 fully saturated rings. The van der Waals surface area contributed by atoms with Crippen molar-refractivity contribution in [1.82, 2.24) is 14.5 Å². The number of fused-ring (bicyclic) bond motifs is 5. The number of carbonyl (C=O) groups excluding carboxylic acids is 2. The van der Waals surface area contributed by atoms with Gasteiger partial charge in [-0.3, -0.25) is 9.59 Å². The van der Waals surface area contributed by atoms with E-state index in [-0.39, 0.29) is 23.9 Å². The summed E-state index contributed by atoms with van der Waals surface area (Å²) in [4.78, 5) is 33.3. The van der Waals surface area contributed by atoms with Gasteiger partial charge in [-0.05, 0) is 80.1 Å². The third-order valence-corrected chi connectivity index (χ3v) is 8.47. The zero-order chi connectivity index (χ0) is 27.3. The van der Waals surface area contributed by atoms with Crippen LogP contribution < -0.4 is 4.74 Å². The lowest BCUT2D eigenvalue weighted by Crippen LogP contribution is -2.48. The summed E-state index contributed by atoms with van der Waals surface area (Å²) in [5, 5.41) is 1.09. The highest BCUT2D eigenvalue weighted by molar-refractivity contribution is 6.02.